The molecule has 0 radical (unpaired) electrons. The van der Waals surface area contributed by atoms with Crippen LogP contribution in [0.25, 0.3) is 0 Å². The van der Waals surface area contributed by atoms with E-state index in [0.717, 1.165) is 54.3 Å². The van der Waals surface area contributed by atoms with Crippen molar-refractivity contribution in [2.45, 2.75) is 37.6 Å². The Morgan fingerprint density at radius 2 is 1.93 bits per heavy atom. The lowest BCUT2D eigenvalue weighted by atomic mass is 9.93. The number of benzene rings is 1. The lowest BCUT2D eigenvalue weighted by Gasteiger charge is -2.34. The molecule has 2 aliphatic rings. The quantitative estimate of drug-likeness (QED) is 0.559. The Balaban J connectivity index is 1.34. The summed E-state index contributed by atoms with van der Waals surface area (Å²) in [6, 6.07) is 4.46. The standard InChI is InChI=1S/C22H24ClN7/c23-19-9-16(11-24)20(28-17-12-27-30(14-17)18-1-2-18)10-22(19)29-7-3-15(4-8-29)21-13-25-5-6-26-21/h5-6,9-15,18,24,28H,1-4,7-8H2. The van der Waals surface area contributed by atoms with E-state index in [2.05, 4.69) is 31.3 Å². The van der Waals surface area contributed by atoms with E-state index in [-0.39, 0.29) is 0 Å². The predicted molar refractivity (Wildman–Crippen MR) is 119 cm³/mol. The number of hydrogen-bond acceptors (Lipinski definition) is 6. The minimum absolute atomic E-state index is 0.431. The predicted octanol–water partition coefficient (Wildman–Crippen LogP) is 4.79. The first-order valence-electron chi connectivity index (χ1n) is 10.4. The number of nitrogens with one attached hydrogen (secondary N) is 2. The van der Waals surface area contributed by atoms with Crippen molar-refractivity contribution in [1.82, 2.24) is 19.7 Å². The van der Waals surface area contributed by atoms with Crippen molar-refractivity contribution in [3.8, 4) is 0 Å². The fraction of sp³-hybridized carbons (Fsp3) is 0.364. The Labute approximate surface area is 180 Å². The van der Waals surface area contributed by atoms with Gasteiger partial charge in [0.25, 0.3) is 0 Å². The third-order valence-corrected chi connectivity index (χ3v) is 6.22. The second-order valence-corrected chi connectivity index (χ2v) is 8.40. The summed E-state index contributed by atoms with van der Waals surface area (Å²) in [5, 5.41) is 16.3. The van der Waals surface area contributed by atoms with Gasteiger partial charge in [0.15, 0.2) is 0 Å². The molecular formula is C22H24ClN7. The molecule has 0 amide bonds. The van der Waals surface area contributed by atoms with E-state index in [0.29, 0.717) is 17.0 Å². The van der Waals surface area contributed by atoms with Crippen molar-refractivity contribution < 1.29 is 0 Å². The highest BCUT2D eigenvalue weighted by molar-refractivity contribution is 6.33. The van der Waals surface area contributed by atoms with Gasteiger partial charge in [-0.1, -0.05) is 11.6 Å². The summed E-state index contributed by atoms with van der Waals surface area (Å²) in [7, 11) is 0. The van der Waals surface area contributed by atoms with E-state index >= 15 is 0 Å². The van der Waals surface area contributed by atoms with Gasteiger partial charge in [-0.15, -0.1) is 0 Å². The molecule has 8 heteroatoms. The van der Waals surface area contributed by atoms with Crippen LogP contribution in [-0.4, -0.2) is 39.1 Å². The molecule has 30 heavy (non-hydrogen) atoms. The number of halogens is 1. The maximum absolute atomic E-state index is 7.80. The van der Waals surface area contributed by atoms with Crippen LogP contribution in [0, 0.1) is 5.41 Å². The largest absolute Gasteiger partial charge is 0.370 e. The summed E-state index contributed by atoms with van der Waals surface area (Å²) in [6.07, 6.45) is 15.0. The third kappa shape index (κ3) is 3.89. The van der Waals surface area contributed by atoms with Crippen LogP contribution in [0.3, 0.4) is 0 Å². The highest BCUT2D eigenvalue weighted by atomic mass is 35.5. The van der Waals surface area contributed by atoms with Gasteiger partial charge in [0.1, 0.15) is 0 Å². The zero-order valence-electron chi connectivity index (χ0n) is 16.6. The Kier molecular flexibility index (Phi) is 5.12. The van der Waals surface area contributed by atoms with Gasteiger partial charge in [-0.05, 0) is 37.8 Å². The zero-order valence-corrected chi connectivity index (χ0v) is 17.4. The molecule has 3 heterocycles. The average molecular weight is 422 g/mol. The van der Waals surface area contributed by atoms with Crippen LogP contribution in [0.5, 0.6) is 0 Å². The summed E-state index contributed by atoms with van der Waals surface area (Å²) in [4.78, 5) is 11.0. The molecule has 1 aromatic carbocycles. The van der Waals surface area contributed by atoms with E-state index in [4.69, 9.17) is 17.0 Å². The van der Waals surface area contributed by atoms with Crippen LogP contribution in [0.1, 0.15) is 48.9 Å². The van der Waals surface area contributed by atoms with Crippen LogP contribution in [0.15, 0.2) is 43.1 Å². The molecule has 1 saturated heterocycles. The maximum Gasteiger partial charge on any atom is 0.0770 e. The monoisotopic (exact) mass is 421 g/mol. The summed E-state index contributed by atoms with van der Waals surface area (Å²) in [5.74, 6) is 0.431. The molecule has 1 aliphatic carbocycles. The Morgan fingerprint density at radius 1 is 1.10 bits per heavy atom. The topological polar surface area (TPSA) is 82.7 Å². The summed E-state index contributed by atoms with van der Waals surface area (Å²) >= 11 is 6.61. The maximum atomic E-state index is 7.80. The Hall–Kier alpha value is -2.93. The molecule has 2 fully saturated rings. The lowest BCUT2D eigenvalue weighted by Crippen LogP contribution is -2.33. The van der Waals surface area contributed by atoms with Gasteiger partial charge in [-0.3, -0.25) is 14.6 Å². The minimum Gasteiger partial charge on any atom is -0.370 e. The zero-order chi connectivity index (χ0) is 20.5. The van der Waals surface area contributed by atoms with Crippen LogP contribution < -0.4 is 10.2 Å². The van der Waals surface area contributed by atoms with Crippen molar-refractivity contribution in [2.24, 2.45) is 0 Å². The fourth-order valence-corrected chi connectivity index (χ4v) is 4.37. The van der Waals surface area contributed by atoms with Crippen LogP contribution in [0.2, 0.25) is 5.02 Å². The smallest absolute Gasteiger partial charge is 0.0770 e. The SMILES string of the molecule is N=Cc1cc(Cl)c(N2CCC(c3cnccn3)CC2)cc1Nc1cnn(C2CC2)c1. The van der Waals surface area contributed by atoms with E-state index < -0.39 is 0 Å². The van der Waals surface area contributed by atoms with Gasteiger partial charge in [0, 0.05) is 61.3 Å². The molecule has 2 N–H and O–H groups in total. The van der Waals surface area contributed by atoms with Gasteiger partial charge < -0.3 is 15.6 Å². The molecule has 7 nitrogen and oxygen atoms in total. The highest BCUT2D eigenvalue weighted by Crippen LogP contribution is 2.38. The normalized spacial score (nSPS) is 17.2. The summed E-state index contributed by atoms with van der Waals surface area (Å²) in [6.45, 7) is 1.81. The first-order valence-corrected chi connectivity index (χ1v) is 10.7. The summed E-state index contributed by atoms with van der Waals surface area (Å²) in [5.41, 5.74) is 4.63. The van der Waals surface area contributed by atoms with Crippen LogP contribution >= 0.6 is 11.6 Å². The number of rotatable bonds is 6. The van der Waals surface area contributed by atoms with Gasteiger partial charge in [0.2, 0.25) is 0 Å². The van der Waals surface area contributed by atoms with E-state index in [9.17, 15) is 0 Å². The van der Waals surface area contributed by atoms with Crippen molar-refractivity contribution in [3.05, 3.63) is 59.4 Å². The minimum atomic E-state index is 0.431. The third-order valence-electron chi connectivity index (χ3n) is 5.91. The fourth-order valence-electron chi connectivity index (χ4n) is 4.08. The second-order valence-electron chi connectivity index (χ2n) is 7.99. The van der Waals surface area contributed by atoms with Crippen LogP contribution in [-0.2, 0) is 0 Å². The first-order chi connectivity index (χ1) is 14.7. The lowest BCUT2D eigenvalue weighted by molar-refractivity contribution is 0.495. The van der Waals surface area contributed by atoms with Crippen molar-refractivity contribution in [2.75, 3.05) is 23.3 Å². The molecule has 5 rings (SSSR count). The molecule has 2 aromatic heterocycles. The molecule has 1 aliphatic heterocycles. The van der Waals surface area contributed by atoms with Gasteiger partial charge in [0.05, 0.1) is 34.3 Å². The van der Waals surface area contributed by atoms with Crippen molar-refractivity contribution in [1.29, 1.82) is 5.41 Å². The second kappa shape index (κ2) is 8.07. The number of nitrogens with zero attached hydrogens (tertiary/aromatic N) is 5. The number of aromatic nitrogens is 4. The number of piperidine rings is 1. The number of anilines is 3. The average Bonchev–Trinajstić information content (AvgIpc) is 3.54. The Bertz CT molecular complexity index is 1040. The van der Waals surface area contributed by atoms with Gasteiger partial charge >= 0.3 is 0 Å². The molecular weight excluding hydrogens is 398 g/mol. The van der Waals surface area contributed by atoms with Gasteiger partial charge in [-0.25, -0.2) is 0 Å². The Morgan fingerprint density at radius 3 is 2.63 bits per heavy atom. The highest BCUT2D eigenvalue weighted by Gasteiger charge is 2.25. The first kappa shape index (κ1) is 19.1. The van der Waals surface area contributed by atoms with E-state index in [1.165, 1.54) is 19.1 Å². The molecule has 3 aromatic rings. The van der Waals surface area contributed by atoms with Crippen LogP contribution in [0.4, 0.5) is 17.1 Å². The van der Waals surface area contributed by atoms with E-state index in [1.54, 1.807) is 12.4 Å². The summed E-state index contributed by atoms with van der Waals surface area (Å²) < 4.78 is 2.01. The van der Waals surface area contributed by atoms with Gasteiger partial charge in [-0.2, -0.15) is 5.10 Å². The van der Waals surface area contributed by atoms with Crippen molar-refractivity contribution in [3.63, 3.8) is 0 Å². The number of hydrogen-bond donors (Lipinski definition) is 2. The molecule has 0 atom stereocenters. The van der Waals surface area contributed by atoms with E-state index in [1.807, 2.05) is 29.3 Å². The molecule has 1 saturated carbocycles. The van der Waals surface area contributed by atoms with Crippen molar-refractivity contribution >= 4 is 34.9 Å². The molecule has 154 valence electrons. The molecule has 0 unspecified atom stereocenters. The molecule has 0 bridgehead atoms. The molecule has 0 spiro atoms.